The van der Waals surface area contributed by atoms with Crippen LogP contribution in [0.4, 0.5) is 17.6 Å². The van der Waals surface area contributed by atoms with Crippen molar-refractivity contribution in [3.8, 4) is 5.75 Å². The summed E-state index contributed by atoms with van der Waals surface area (Å²) in [6.45, 7) is -0.480. The van der Waals surface area contributed by atoms with Crippen molar-refractivity contribution in [1.82, 2.24) is 14.9 Å². The van der Waals surface area contributed by atoms with Gasteiger partial charge in [-0.25, -0.2) is 9.18 Å². The van der Waals surface area contributed by atoms with Crippen molar-refractivity contribution in [2.75, 3.05) is 0 Å². The number of hydrogen-bond acceptors (Lipinski definition) is 5. The van der Waals surface area contributed by atoms with Crippen molar-refractivity contribution in [1.29, 1.82) is 0 Å². The molecule has 3 aromatic rings. The van der Waals surface area contributed by atoms with Gasteiger partial charge >= 0.3 is 12.1 Å². The van der Waals surface area contributed by atoms with E-state index in [1.54, 1.807) is 0 Å². The van der Waals surface area contributed by atoms with Gasteiger partial charge in [0.05, 0.1) is 18.9 Å². The van der Waals surface area contributed by atoms with Gasteiger partial charge in [-0.05, 0) is 6.07 Å². The molecule has 10 heteroatoms. The molecule has 0 aliphatic rings. The normalized spacial score (nSPS) is 11.5. The summed E-state index contributed by atoms with van der Waals surface area (Å²) >= 11 is 0. The highest BCUT2D eigenvalue weighted by Crippen LogP contribution is 2.36. The number of halogens is 4. The third-order valence-electron chi connectivity index (χ3n) is 3.22. The first-order chi connectivity index (χ1) is 11.9. The van der Waals surface area contributed by atoms with Gasteiger partial charge in [0, 0.05) is 5.56 Å². The number of carbonyl (C=O) groups excluding carboxylic acids is 1. The molecule has 2 heterocycles. The number of benzene rings is 1. The van der Waals surface area contributed by atoms with Gasteiger partial charge in [-0.2, -0.15) is 18.3 Å². The zero-order valence-corrected chi connectivity index (χ0v) is 12.3. The van der Waals surface area contributed by atoms with Gasteiger partial charge in [-0.3, -0.25) is 4.68 Å². The van der Waals surface area contributed by atoms with Crippen molar-refractivity contribution in [3.05, 3.63) is 65.6 Å². The molecule has 3 rings (SSSR count). The second kappa shape index (κ2) is 6.38. The molecule has 0 saturated heterocycles. The molecule has 0 aliphatic heterocycles. The van der Waals surface area contributed by atoms with Crippen molar-refractivity contribution in [2.24, 2.45) is 0 Å². The van der Waals surface area contributed by atoms with E-state index in [0.717, 1.165) is 24.7 Å². The Morgan fingerprint density at radius 3 is 2.64 bits per heavy atom. The summed E-state index contributed by atoms with van der Waals surface area (Å²) in [5, 5.41) is 6.83. The first-order valence-corrected chi connectivity index (χ1v) is 6.84. The molecule has 0 atom stereocenters. The summed E-state index contributed by atoms with van der Waals surface area (Å²) in [6, 6.07) is 5.36. The predicted molar refractivity (Wildman–Crippen MR) is 74.2 cm³/mol. The Labute approximate surface area is 137 Å². The van der Waals surface area contributed by atoms with E-state index in [-0.39, 0.29) is 11.1 Å². The number of aromatic nitrogens is 3. The van der Waals surface area contributed by atoms with Crippen LogP contribution in [0.15, 0.2) is 47.4 Å². The fourth-order valence-electron chi connectivity index (χ4n) is 2.10. The highest BCUT2D eigenvalue weighted by molar-refractivity contribution is 5.90. The van der Waals surface area contributed by atoms with Crippen LogP contribution in [0.1, 0.15) is 21.6 Å². The van der Waals surface area contributed by atoms with Crippen LogP contribution in [0.2, 0.25) is 0 Å². The molecule has 6 nitrogen and oxygen atoms in total. The topological polar surface area (TPSA) is 70.2 Å². The third-order valence-corrected chi connectivity index (χ3v) is 3.22. The van der Waals surface area contributed by atoms with Gasteiger partial charge < -0.3 is 9.26 Å². The molecule has 130 valence electrons. The first kappa shape index (κ1) is 16.7. The van der Waals surface area contributed by atoms with E-state index in [1.807, 2.05) is 0 Å². The number of esters is 1. The third kappa shape index (κ3) is 3.52. The average molecular weight is 355 g/mol. The predicted octanol–water partition coefficient (Wildman–Crippen LogP) is 3.30. The Balaban J connectivity index is 1.94. The molecule has 0 spiro atoms. The summed E-state index contributed by atoms with van der Waals surface area (Å²) in [4.78, 5) is 11.8. The van der Waals surface area contributed by atoms with Crippen LogP contribution in [0.25, 0.3) is 0 Å². The zero-order valence-electron chi connectivity index (χ0n) is 12.3. The van der Waals surface area contributed by atoms with Gasteiger partial charge in [-0.1, -0.05) is 23.4 Å². The molecule has 0 N–H and O–H groups in total. The van der Waals surface area contributed by atoms with Crippen LogP contribution in [0, 0.1) is 5.82 Å². The lowest BCUT2D eigenvalue weighted by atomic mass is 10.2. The fraction of sp³-hybridized carbons (Fsp3) is 0.133. The summed E-state index contributed by atoms with van der Waals surface area (Å²) in [5.74, 6) is -2.55. The van der Waals surface area contributed by atoms with E-state index in [0.29, 0.717) is 4.68 Å². The summed E-state index contributed by atoms with van der Waals surface area (Å²) in [6.07, 6.45) is -2.19. The zero-order chi connectivity index (χ0) is 18.0. The van der Waals surface area contributed by atoms with E-state index >= 15 is 0 Å². The van der Waals surface area contributed by atoms with Gasteiger partial charge in [0.15, 0.2) is 11.4 Å². The molecule has 0 aliphatic carbocycles. The number of carbonyl (C=O) groups is 1. The Bertz CT molecular complexity index is 888. The van der Waals surface area contributed by atoms with E-state index in [2.05, 4.69) is 14.8 Å². The van der Waals surface area contributed by atoms with E-state index in [4.69, 9.17) is 4.74 Å². The molecule has 2 aromatic heterocycles. The average Bonchev–Trinajstić information content (AvgIpc) is 3.19. The molecule has 25 heavy (non-hydrogen) atoms. The van der Waals surface area contributed by atoms with Crippen molar-refractivity contribution >= 4 is 5.97 Å². The highest BCUT2D eigenvalue weighted by atomic mass is 19.4. The minimum absolute atomic E-state index is 0.00742. The Hall–Kier alpha value is -3.17. The standard InChI is InChI=1S/C15H9F4N3O3/c16-11-4-2-1-3-9(11)7-22-13(15(17,18)19)12(6-20-22)25-14(23)10-5-21-24-8-10/h1-6,8H,7H2. The van der Waals surface area contributed by atoms with Crippen molar-refractivity contribution < 1.29 is 31.6 Å². The Kier molecular flexibility index (Phi) is 4.26. The molecular weight excluding hydrogens is 346 g/mol. The second-order valence-corrected chi connectivity index (χ2v) is 4.91. The SMILES string of the molecule is O=C(Oc1cnn(Cc2ccccc2F)c1C(F)(F)F)c1cnoc1. The summed E-state index contributed by atoms with van der Waals surface area (Å²) < 4.78 is 63.5. The van der Waals surface area contributed by atoms with Gasteiger partial charge in [-0.15, -0.1) is 0 Å². The van der Waals surface area contributed by atoms with E-state index < -0.39 is 36.0 Å². The Morgan fingerprint density at radius 2 is 2.00 bits per heavy atom. The molecule has 0 saturated carbocycles. The summed E-state index contributed by atoms with van der Waals surface area (Å²) in [7, 11) is 0. The largest absolute Gasteiger partial charge is 0.436 e. The van der Waals surface area contributed by atoms with Crippen LogP contribution in [-0.4, -0.2) is 20.9 Å². The first-order valence-electron chi connectivity index (χ1n) is 6.84. The quantitative estimate of drug-likeness (QED) is 0.531. The maximum absolute atomic E-state index is 13.7. The number of rotatable bonds is 4. The molecule has 0 fully saturated rings. The van der Waals surface area contributed by atoms with Gasteiger partial charge in [0.25, 0.3) is 0 Å². The van der Waals surface area contributed by atoms with E-state index in [1.165, 1.54) is 18.2 Å². The van der Waals surface area contributed by atoms with E-state index in [9.17, 15) is 22.4 Å². The number of nitrogens with zero attached hydrogens (tertiary/aromatic N) is 3. The fourth-order valence-corrected chi connectivity index (χ4v) is 2.10. The van der Waals surface area contributed by atoms with Crippen LogP contribution >= 0.6 is 0 Å². The van der Waals surface area contributed by atoms with Crippen LogP contribution in [0.3, 0.4) is 0 Å². The lowest BCUT2D eigenvalue weighted by molar-refractivity contribution is -0.145. The molecule has 1 aromatic carbocycles. The van der Waals surface area contributed by atoms with Gasteiger partial charge in [0.1, 0.15) is 17.6 Å². The van der Waals surface area contributed by atoms with Crippen molar-refractivity contribution in [3.63, 3.8) is 0 Å². The highest BCUT2D eigenvalue weighted by Gasteiger charge is 2.40. The minimum Gasteiger partial charge on any atom is -0.419 e. The number of alkyl halides is 3. The minimum atomic E-state index is -4.87. The van der Waals surface area contributed by atoms with Crippen LogP contribution in [0.5, 0.6) is 5.75 Å². The summed E-state index contributed by atoms with van der Waals surface area (Å²) in [5.41, 5.74) is -1.46. The molecule has 0 radical (unpaired) electrons. The molecule has 0 unspecified atom stereocenters. The number of hydrogen-bond donors (Lipinski definition) is 0. The maximum Gasteiger partial charge on any atom is 0.436 e. The Morgan fingerprint density at radius 1 is 1.24 bits per heavy atom. The lowest BCUT2D eigenvalue weighted by Gasteiger charge is -2.12. The maximum atomic E-state index is 13.7. The second-order valence-electron chi connectivity index (χ2n) is 4.91. The molecule has 0 bridgehead atoms. The monoisotopic (exact) mass is 355 g/mol. The molecular formula is C15H9F4N3O3. The van der Waals surface area contributed by atoms with Crippen LogP contribution < -0.4 is 4.74 Å². The van der Waals surface area contributed by atoms with Crippen molar-refractivity contribution in [2.45, 2.75) is 12.7 Å². The smallest absolute Gasteiger partial charge is 0.419 e. The molecule has 0 amide bonds. The lowest BCUT2D eigenvalue weighted by Crippen LogP contribution is -2.18. The number of ether oxygens (including phenoxy) is 1. The van der Waals surface area contributed by atoms with Gasteiger partial charge in [0.2, 0.25) is 0 Å². The van der Waals surface area contributed by atoms with Crippen LogP contribution in [-0.2, 0) is 12.7 Å².